The van der Waals surface area contributed by atoms with E-state index in [-0.39, 0.29) is 36.6 Å². The minimum absolute atomic E-state index is 0. The zero-order valence-corrected chi connectivity index (χ0v) is 11.6. The van der Waals surface area contributed by atoms with Crippen LogP contribution in [0.25, 0.3) is 0 Å². The van der Waals surface area contributed by atoms with E-state index < -0.39 is 6.04 Å². The Labute approximate surface area is 114 Å². The number of nitrogens with zero attached hydrogens (tertiary/aromatic N) is 2. The fourth-order valence-electron chi connectivity index (χ4n) is 1.15. The Hall–Kier alpha value is -0.780. The molecule has 0 aliphatic carbocycles. The molecule has 17 heavy (non-hydrogen) atoms. The molecule has 0 saturated heterocycles. The number of hydrogen-bond acceptors (Lipinski definition) is 3. The summed E-state index contributed by atoms with van der Waals surface area (Å²) < 4.78 is 1.90. The highest BCUT2D eigenvalue weighted by Gasteiger charge is 2.15. The highest BCUT2D eigenvalue weighted by Crippen LogP contribution is 1.97. The Kier molecular flexibility index (Phi) is 10.1. The van der Waals surface area contributed by atoms with Gasteiger partial charge in [0.1, 0.15) is 0 Å². The molecule has 0 aliphatic rings. The Bertz CT molecular complexity index is 303. The van der Waals surface area contributed by atoms with Gasteiger partial charge in [-0.3, -0.25) is 4.79 Å². The standard InChI is InChI=1S/C10H18N4O.2ClH/c1-8(2)9(11)10(15)13-4-6-14-5-3-12-7-14;;/h3,5,7-9H,4,6,11H2,1-2H3,(H,13,15);2*1H/t9-;;/m0../s1. The van der Waals surface area contributed by atoms with Gasteiger partial charge < -0.3 is 15.6 Å². The molecule has 1 amide bonds. The summed E-state index contributed by atoms with van der Waals surface area (Å²) in [4.78, 5) is 15.4. The van der Waals surface area contributed by atoms with Gasteiger partial charge in [0.25, 0.3) is 0 Å². The molecular formula is C10H20Cl2N4O. The molecule has 1 rings (SSSR count). The van der Waals surface area contributed by atoms with Gasteiger partial charge in [-0.25, -0.2) is 4.98 Å². The van der Waals surface area contributed by atoms with E-state index in [1.54, 1.807) is 12.5 Å². The Morgan fingerprint density at radius 1 is 1.47 bits per heavy atom. The van der Waals surface area contributed by atoms with Crippen LogP contribution in [-0.4, -0.2) is 28.0 Å². The van der Waals surface area contributed by atoms with Gasteiger partial charge in [0.2, 0.25) is 5.91 Å². The van der Waals surface area contributed by atoms with Crippen LogP contribution in [0.3, 0.4) is 0 Å². The number of halogens is 2. The second-order valence-electron chi connectivity index (χ2n) is 3.86. The van der Waals surface area contributed by atoms with Crippen LogP contribution in [0, 0.1) is 5.92 Å². The van der Waals surface area contributed by atoms with Crippen molar-refractivity contribution in [3.05, 3.63) is 18.7 Å². The first kappa shape index (κ1) is 18.6. The SMILES string of the molecule is CC(C)[C@H](N)C(=O)NCCn1ccnc1.Cl.Cl. The molecule has 3 N–H and O–H groups in total. The van der Waals surface area contributed by atoms with Gasteiger partial charge in [-0.15, -0.1) is 24.8 Å². The van der Waals surface area contributed by atoms with Crippen LogP contribution in [0.4, 0.5) is 0 Å². The third kappa shape index (κ3) is 6.51. The molecule has 0 aliphatic heterocycles. The first-order chi connectivity index (χ1) is 7.11. The number of nitrogens with one attached hydrogen (secondary N) is 1. The van der Waals surface area contributed by atoms with Crippen molar-refractivity contribution < 1.29 is 4.79 Å². The Balaban J connectivity index is 0. The van der Waals surface area contributed by atoms with Crippen molar-refractivity contribution in [2.24, 2.45) is 11.7 Å². The fourth-order valence-corrected chi connectivity index (χ4v) is 1.15. The molecule has 0 aromatic carbocycles. The molecule has 0 spiro atoms. The van der Waals surface area contributed by atoms with E-state index in [4.69, 9.17) is 5.73 Å². The van der Waals surface area contributed by atoms with E-state index in [0.717, 1.165) is 6.54 Å². The topological polar surface area (TPSA) is 72.9 Å². The average Bonchev–Trinajstić information content (AvgIpc) is 2.69. The van der Waals surface area contributed by atoms with E-state index >= 15 is 0 Å². The molecule has 1 aromatic heterocycles. The number of rotatable bonds is 5. The van der Waals surface area contributed by atoms with Crippen LogP contribution in [0.2, 0.25) is 0 Å². The summed E-state index contributed by atoms with van der Waals surface area (Å²) in [7, 11) is 0. The fraction of sp³-hybridized carbons (Fsp3) is 0.600. The third-order valence-corrected chi connectivity index (χ3v) is 2.25. The highest BCUT2D eigenvalue weighted by molar-refractivity contribution is 5.85. The maximum atomic E-state index is 11.5. The molecule has 7 heteroatoms. The van der Waals surface area contributed by atoms with Crippen molar-refractivity contribution in [3.8, 4) is 0 Å². The molecule has 5 nitrogen and oxygen atoms in total. The molecule has 0 bridgehead atoms. The van der Waals surface area contributed by atoms with E-state index in [0.29, 0.717) is 6.54 Å². The van der Waals surface area contributed by atoms with Crippen LogP contribution in [0.1, 0.15) is 13.8 Å². The molecule has 0 fully saturated rings. The van der Waals surface area contributed by atoms with Crippen LogP contribution in [0.15, 0.2) is 18.7 Å². The van der Waals surface area contributed by atoms with E-state index in [9.17, 15) is 4.79 Å². The normalized spacial score (nSPS) is 11.3. The molecule has 1 aromatic rings. The number of imidazole rings is 1. The van der Waals surface area contributed by atoms with E-state index in [2.05, 4.69) is 10.3 Å². The minimum atomic E-state index is -0.423. The lowest BCUT2D eigenvalue weighted by atomic mass is 10.1. The molecule has 1 heterocycles. The third-order valence-electron chi connectivity index (χ3n) is 2.25. The van der Waals surface area contributed by atoms with Gasteiger partial charge in [-0.05, 0) is 5.92 Å². The van der Waals surface area contributed by atoms with Gasteiger partial charge in [0.05, 0.1) is 12.4 Å². The molecular weight excluding hydrogens is 263 g/mol. The van der Waals surface area contributed by atoms with E-state index in [1.807, 2.05) is 24.6 Å². The molecule has 0 unspecified atom stereocenters. The van der Waals surface area contributed by atoms with Crippen molar-refractivity contribution in [2.75, 3.05) is 6.54 Å². The van der Waals surface area contributed by atoms with Crippen molar-refractivity contribution in [2.45, 2.75) is 26.4 Å². The number of amides is 1. The highest BCUT2D eigenvalue weighted by atomic mass is 35.5. The summed E-state index contributed by atoms with van der Waals surface area (Å²) in [6.07, 6.45) is 5.28. The molecule has 100 valence electrons. The first-order valence-electron chi connectivity index (χ1n) is 5.10. The lowest BCUT2D eigenvalue weighted by Gasteiger charge is -2.15. The quantitative estimate of drug-likeness (QED) is 0.840. The summed E-state index contributed by atoms with van der Waals surface area (Å²) in [6, 6.07) is -0.423. The predicted molar refractivity (Wildman–Crippen MR) is 72.5 cm³/mol. The maximum Gasteiger partial charge on any atom is 0.237 e. The largest absolute Gasteiger partial charge is 0.353 e. The summed E-state index contributed by atoms with van der Waals surface area (Å²) >= 11 is 0. The maximum absolute atomic E-state index is 11.5. The second-order valence-corrected chi connectivity index (χ2v) is 3.86. The van der Waals surface area contributed by atoms with Gasteiger partial charge in [0, 0.05) is 25.5 Å². The van der Waals surface area contributed by atoms with Crippen molar-refractivity contribution >= 4 is 30.7 Å². The van der Waals surface area contributed by atoms with Crippen LogP contribution >= 0.6 is 24.8 Å². The molecule has 1 atom stereocenters. The summed E-state index contributed by atoms with van der Waals surface area (Å²) in [5.74, 6) is 0.0726. The zero-order chi connectivity index (χ0) is 11.3. The van der Waals surface area contributed by atoms with Crippen molar-refractivity contribution in [1.82, 2.24) is 14.9 Å². The number of carbonyl (C=O) groups is 1. The van der Waals surface area contributed by atoms with Gasteiger partial charge >= 0.3 is 0 Å². The summed E-state index contributed by atoms with van der Waals surface area (Å²) in [5.41, 5.74) is 5.69. The minimum Gasteiger partial charge on any atom is -0.353 e. The number of nitrogens with two attached hydrogens (primary N) is 1. The Morgan fingerprint density at radius 3 is 2.59 bits per heavy atom. The smallest absolute Gasteiger partial charge is 0.237 e. The van der Waals surface area contributed by atoms with Crippen molar-refractivity contribution in [3.63, 3.8) is 0 Å². The number of aromatic nitrogens is 2. The van der Waals surface area contributed by atoms with E-state index in [1.165, 1.54) is 0 Å². The van der Waals surface area contributed by atoms with Gasteiger partial charge in [-0.2, -0.15) is 0 Å². The van der Waals surface area contributed by atoms with Gasteiger partial charge in [0.15, 0.2) is 0 Å². The predicted octanol–water partition coefficient (Wildman–Crippen LogP) is 0.826. The van der Waals surface area contributed by atoms with Gasteiger partial charge in [-0.1, -0.05) is 13.8 Å². The monoisotopic (exact) mass is 282 g/mol. The van der Waals surface area contributed by atoms with Crippen molar-refractivity contribution in [1.29, 1.82) is 0 Å². The van der Waals surface area contributed by atoms with Crippen LogP contribution in [-0.2, 0) is 11.3 Å². The summed E-state index contributed by atoms with van der Waals surface area (Å²) in [6.45, 7) is 5.16. The lowest BCUT2D eigenvalue weighted by molar-refractivity contribution is -0.123. The number of hydrogen-bond donors (Lipinski definition) is 2. The average molecular weight is 283 g/mol. The zero-order valence-electron chi connectivity index (χ0n) is 10.00. The van der Waals surface area contributed by atoms with Crippen LogP contribution < -0.4 is 11.1 Å². The Morgan fingerprint density at radius 2 is 2.12 bits per heavy atom. The molecule has 0 radical (unpaired) electrons. The number of carbonyl (C=O) groups excluding carboxylic acids is 1. The summed E-state index contributed by atoms with van der Waals surface area (Å²) in [5, 5.41) is 2.79. The lowest BCUT2D eigenvalue weighted by Crippen LogP contribution is -2.44. The molecule has 0 saturated carbocycles. The second kappa shape index (κ2) is 9.27. The first-order valence-corrected chi connectivity index (χ1v) is 5.10. The van der Waals surface area contributed by atoms with Crippen LogP contribution in [0.5, 0.6) is 0 Å².